The van der Waals surface area contributed by atoms with Gasteiger partial charge in [0.2, 0.25) is 0 Å². The van der Waals surface area contributed by atoms with Crippen LogP contribution in [0.15, 0.2) is 30.5 Å². The van der Waals surface area contributed by atoms with Crippen molar-refractivity contribution in [1.29, 1.82) is 0 Å². The Balaban J connectivity index is 2.18. The lowest BCUT2D eigenvalue weighted by Gasteiger charge is -2.15. The maximum absolute atomic E-state index is 13.7. The highest BCUT2D eigenvalue weighted by Crippen LogP contribution is 2.17. The molecule has 0 saturated carbocycles. The standard InChI is InChI=1S/C15H14F2N4O3/c16-10-5-12(19)11(17)4-9(10)14(22)21-13(15(23)24)3-8-2-1-7(18)6-20-8/h1-2,4-6,13H,3,18-19H2,(H,21,22)(H,23,24)/t13-/m0/s1. The van der Waals surface area contributed by atoms with Crippen LogP contribution in [0.4, 0.5) is 20.2 Å². The number of benzene rings is 1. The van der Waals surface area contributed by atoms with Gasteiger partial charge in [0.1, 0.15) is 17.7 Å². The molecule has 2 aromatic rings. The van der Waals surface area contributed by atoms with Crippen LogP contribution in [0, 0.1) is 11.6 Å². The number of carbonyl (C=O) groups excluding carboxylic acids is 1. The molecular formula is C15H14F2N4O3. The van der Waals surface area contributed by atoms with Crippen LogP contribution in [0.2, 0.25) is 0 Å². The van der Waals surface area contributed by atoms with Crippen LogP contribution in [0.5, 0.6) is 0 Å². The third kappa shape index (κ3) is 3.94. The lowest BCUT2D eigenvalue weighted by molar-refractivity contribution is -0.139. The van der Waals surface area contributed by atoms with Gasteiger partial charge in [0.25, 0.3) is 5.91 Å². The van der Waals surface area contributed by atoms with E-state index in [-0.39, 0.29) is 6.42 Å². The van der Waals surface area contributed by atoms with E-state index in [0.717, 1.165) is 0 Å². The van der Waals surface area contributed by atoms with Crippen molar-refractivity contribution in [2.24, 2.45) is 0 Å². The van der Waals surface area contributed by atoms with E-state index in [0.29, 0.717) is 23.5 Å². The number of nitrogens with one attached hydrogen (secondary N) is 1. The van der Waals surface area contributed by atoms with E-state index < -0.39 is 40.8 Å². The highest BCUT2D eigenvalue weighted by atomic mass is 19.1. The van der Waals surface area contributed by atoms with Crippen molar-refractivity contribution in [2.75, 3.05) is 11.5 Å². The summed E-state index contributed by atoms with van der Waals surface area (Å²) in [5.41, 5.74) is 10.3. The van der Waals surface area contributed by atoms with E-state index in [1.165, 1.54) is 18.3 Å². The summed E-state index contributed by atoms with van der Waals surface area (Å²) in [6.07, 6.45) is 1.19. The topological polar surface area (TPSA) is 131 Å². The Morgan fingerprint density at radius 2 is 1.92 bits per heavy atom. The summed E-state index contributed by atoms with van der Waals surface area (Å²) in [6, 6.07) is 2.91. The van der Waals surface area contributed by atoms with E-state index in [1.54, 1.807) is 0 Å². The molecule has 0 fully saturated rings. The van der Waals surface area contributed by atoms with Crippen molar-refractivity contribution in [3.63, 3.8) is 0 Å². The van der Waals surface area contributed by atoms with Crippen molar-refractivity contribution < 1.29 is 23.5 Å². The fourth-order valence-corrected chi connectivity index (χ4v) is 1.94. The van der Waals surface area contributed by atoms with E-state index in [9.17, 15) is 23.5 Å². The van der Waals surface area contributed by atoms with Crippen LogP contribution in [0.25, 0.3) is 0 Å². The molecule has 1 atom stereocenters. The number of rotatable bonds is 5. The quantitative estimate of drug-likeness (QED) is 0.601. The minimum Gasteiger partial charge on any atom is -0.480 e. The van der Waals surface area contributed by atoms with Crippen molar-refractivity contribution in [3.8, 4) is 0 Å². The number of halogens is 2. The van der Waals surface area contributed by atoms with E-state index in [1.807, 2.05) is 0 Å². The first-order valence-electron chi connectivity index (χ1n) is 6.76. The zero-order valence-electron chi connectivity index (χ0n) is 12.3. The molecule has 0 bridgehead atoms. The number of pyridine rings is 1. The summed E-state index contributed by atoms with van der Waals surface area (Å²) < 4.78 is 27.1. The third-order valence-corrected chi connectivity index (χ3v) is 3.20. The Bertz CT molecular complexity index is 781. The summed E-state index contributed by atoms with van der Waals surface area (Å²) in [7, 11) is 0. The molecule has 24 heavy (non-hydrogen) atoms. The van der Waals surface area contributed by atoms with Gasteiger partial charge in [0.05, 0.1) is 23.1 Å². The van der Waals surface area contributed by atoms with Gasteiger partial charge < -0.3 is 21.9 Å². The molecule has 0 aliphatic rings. The predicted molar refractivity (Wildman–Crippen MR) is 82.0 cm³/mol. The number of nitrogen functional groups attached to an aromatic ring is 2. The molecule has 0 aliphatic heterocycles. The molecule has 1 aromatic heterocycles. The number of aromatic nitrogens is 1. The zero-order valence-corrected chi connectivity index (χ0v) is 12.3. The van der Waals surface area contributed by atoms with Gasteiger partial charge in [-0.3, -0.25) is 9.78 Å². The molecule has 6 N–H and O–H groups in total. The maximum Gasteiger partial charge on any atom is 0.326 e. The number of anilines is 2. The zero-order chi connectivity index (χ0) is 17.9. The smallest absolute Gasteiger partial charge is 0.326 e. The molecule has 1 heterocycles. The summed E-state index contributed by atoms with van der Waals surface area (Å²) in [6.45, 7) is 0. The second kappa shape index (κ2) is 6.90. The second-order valence-corrected chi connectivity index (χ2v) is 5.00. The summed E-state index contributed by atoms with van der Waals surface area (Å²) >= 11 is 0. The number of hydrogen-bond donors (Lipinski definition) is 4. The largest absolute Gasteiger partial charge is 0.480 e. The van der Waals surface area contributed by atoms with Gasteiger partial charge in [0, 0.05) is 18.2 Å². The molecule has 2 rings (SSSR count). The van der Waals surface area contributed by atoms with Crippen LogP contribution in [-0.4, -0.2) is 28.0 Å². The summed E-state index contributed by atoms with van der Waals surface area (Å²) in [4.78, 5) is 27.2. The Kier molecular flexibility index (Phi) is 4.93. The van der Waals surface area contributed by atoms with Crippen molar-refractivity contribution in [2.45, 2.75) is 12.5 Å². The molecule has 9 heteroatoms. The highest BCUT2D eigenvalue weighted by molar-refractivity contribution is 5.97. The van der Waals surface area contributed by atoms with Crippen LogP contribution < -0.4 is 16.8 Å². The number of carboxylic acids is 1. The number of hydrogen-bond acceptors (Lipinski definition) is 5. The molecular weight excluding hydrogens is 322 g/mol. The fraction of sp³-hybridized carbons (Fsp3) is 0.133. The average Bonchev–Trinajstić information content (AvgIpc) is 2.52. The SMILES string of the molecule is Nc1ccc(C[C@H](NC(=O)c2cc(F)c(N)cc2F)C(=O)O)nc1. The molecule has 0 radical (unpaired) electrons. The molecule has 1 amide bonds. The Morgan fingerprint density at radius 1 is 1.21 bits per heavy atom. The Morgan fingerprint density at radius 3 is 2.50 bits per heavy atom. The normalized spacial score (nSPS) is 11.8. The van der Waals surface area contributed by atoms with Gasteiger partial charge in [-0.15, -0.1) is 0 Å². The Hall–Kier alpha value is -3.23. The molecule has 0 unspecified atom stereocenters. The molecule has 126 valence electrons. The average molecular weight is 336 g/mol. The van der Waals surface area contributed by atoms with Gasteiger partial charge in [-0.05, 0) is 18.2 Å². The predicted octanol–water partition coefficient (Wildman–Crippen LogP) is 0.950. The first-order chi connectivity index (χ1) is 11.3. The van der Waals surface area contributed by atoms with Crippen molar-refractivity contribution >= 4 is 23.3 Å². The van der Waals surface area contributed by atoms with Crippen LogP contribution in [0.1, 0.15) is 16.1 Å². The van der Waals surface area contributed by atoms with Crippen LogP contribution >= 0.6 is 0 Å². The number of amides is 1. The Labute approximate surface area is 135 Å². The molecule has 0 spiro atoms. The van der Waals surface area contributed by atoms with E-state index in [4.69, 9.17) is 11.5 Å². The second-order valence-electron chi connectivity index (χ2n) is 5.00. The molecule has 0 aliphatic carbocycles. The minimum atomic E-state index is -1.38. The lowest BCUT2D eigenvalue weighted by atomic mass is 10.1. The van der Waals surface area contributed by atoms with E-state index in [2.05, 4.69) is 10.3 Å². The van der Waals surface area contributed by atoms with Crippen molar-refractivity contribution in [3.05, 3.63) is 53.4 Å². The number of carbonyl (C=O) groups is 2. The first-order valence-corrected chi connectivity index (χ1v) is 6.76. The highest BCUT2D eigenvalue weighted by Gasteiger charge is 2.24. The van der Waals surface area contributed by atoms with Crippen LogP contribution in [-0.2, 0) is 11.2 Å². The van der Waals surface area contributed by atoms with Crippen molar-refractivity contribution in [1.82, 2.24) is 10.3 Å². The monoisotopic (exact) mass is 336 g/mol. The number of carboxylic acid groups (broad SMARTS) is 1. The number of aliphatic carboxylic acids is 1. The van der Waals surface area contributed by atoms with Gasteiger partial charge in [-0.25, -0.2) is 13.6 Å². The number of nitrogens with two attached hydrogens (primary N) is 2. The van der Waals surface area contributed by atoms with Gasteiger partial charge in [0.15, 0.2) is 0 Å². The number of nitrogens with zero attached hydrogens (tertiary/aromatic N) is 1. The first kappa shape index (κ1) is 17.1. The molecule has 1 aromatic carbocycles. The maximum atomic E-state index is 13.7. The fourth-order valence-electron chi connectivity index (χ4n) is 1.94. The molecule has 0 saturated heterocycles. The molecule has 7 nitrogen and oxygen atoms in total. The van der Waals surface area contributed by atoms with Gasteiger partial charge >= 0.3 is 5.97 Å². The van der Waals surface area contributed by atoms with Crippen LogP contribution in [0.3, 0.4) is 0 Å². The summed E-state index contributed by atoms with van der Waals surface area (Å²) in [5.74, 6) is -4.46. The van der Waals surface area contributed by atoms with E-state index >= 15 is 0 Å². The van der Waals surface area contributed by atoms with Gasteiger partial charge in [-0.2, -0.15) is 0 Å². The lowest BCUT2D eigenvalue weighted by Crippen LogP contribution is -2.42. The van der Waals surface area contributed by atoms with Gasteiger partial charge in [-0.1, -0.05) is 0 Å². The third-order valence-electron chi connectivity index (χ3n) is 3.20. The minimum absolute atomic E-state index is 0.152. The summed E-state index contributed by atoms with van der Waals surface area (Å²) in [5, 5.41) is 11.3.